The van der Waals surface area contributed by atoms with Gasteiger partial charge in [-0.1, -0.05) is 54.1 Å². The molecule has 1 N–H and O–H groups in total. The summed E-state index contributed by atoms with van der Waals surface area (Å²) >= 11 is 6.11. The minimum atomic E-state index is -0.450. The number of piperidine rings is 1. The number of aliphatic imine (C=N–C) groups is 2. The molecule has 1 fully saturated rings. The number of amidine groups is 1. The van der Waals surface area contributed by atoms with Gasteiger partial charge >= 0.3 is 0 Å². The third-order valence-corrected chi connectivity index (χ3v) is 7.85. The summed E-state index contributed by atoms with van der Waals surface area (Å²) in [4.78, 5) is 25.1. The summed E-state index contributed by atoms with van der Waals surface area (Å²) < 4.78 is 17.5. The van der Waals surface area contributed by atoms with E-state index in [1.54, 1.807) is 12.3 Å². The van der Waals surface area contributed by atoms with Gasteiger partial charge in [-0.15, -0.1) is 0 Å². The summed E-state index contributed by atoms with van der Waals surface area (Å²) in [7, 11) is 0. The summed E-state index contributed by atoms with van der Waals surface area (Å²) in [5.74, 6) is -0.0659. The fourth-order valence-electron chi connectivity index (χ4n) is 5.43. The normalized spacial score (nSPS) is 17.7. The van der Waals surface area contributed by atoms with Gasteiger partial charge in [0.1, 0.15) is 5.82 Å². The molecule has 1 aliphatic carbocycles. The first-order chi connectivity index (χ1) is 19.4. The summed E-state index contributed by atoms with van der Waals surface area (Å²) in [6.45, 7) is 1.99. The number of halogens is 2. The fourth-order valence-corrected chi connectivity index (χ4v) is 5.56. The summed E-state index contributed by atoms with van der Waals surface area (Å²) in [6.07, 6.45) is 14.6. The monoisotopic (exact) mass is 556 g/mol. The van der Waals surface area contributed by atoms with Crippen LogP contribution in [0.2, 0.25) is 5.02 Å². The Bertz CT molecular complexity index is 1660. The van der Waals surface area contributed by atoms with Gasteiger partial charge in [-0.3, -0.25) is 9.79 Å². The Morgan fingerprint density at radius 3 is 2.70 bits per heavy atom. The van der Waals surface area contributed by atoms with Gasteiger partial charge in [0.2, 0.25) is 5.43 Å². The van der Waals surface area contributed by atoms with Crippen molar-refractivity contribution in [3.8, 4) is 0 Å². The largest absolute Gasteiger partial charge is 0.393 e. The van der Waals surface area contributed by atoms with Crippen molar-refractivity contribution in [2.45, 2.75) is 38.3 Å². The zero-order valence-corrected chi connectivity index (χ0v) is 22.8. The van der Waals surface area contributed by atoms with E-state index in [0.29, 0.717) is 73.1 Å². The highest BCUT2D eigenvalue weighted by molar-refractivity contribution is 6.30. The first kappa shape index (κ1) is 26.4. The second-order valence-corrected chi connectivity index (χ2v) is 10.9. The van der Waals surface area contributed by atoms with Gasteiger partial charge in [0.15, 0.2) is 5.84 Å². The van der Waals surface area contributed by atoms with Gasteiger partial charge in [-0.05, 0) is 54.7 Å². The molecule has 0 unspecified atom stereocenters. The van der Waals surface area contributed by atoms with Crippen LogP contribution in [0.1, 0.15) is 36.8 Å². The first-order valence-corrected chi connectivity index (χ1v) is 14.0. The molecule has 0 amide bonds. The van der Waals surface area contributed by atoms with Crippen LogP contribution in [0.5, 0.6) is 0 Å². The number of rotatable bonds is 6. The molecule has 6 rings (SSSR count). The number of aliphatic hydroxyl groups is 1. The third kappa shape index (κ3) is 5.58. The van der Waals surface area contributed by atoms with Crippen molar-refractivity contribution >= 4 is 39.7 Å². The summed E-state index contributed by atoms with van der Waals surface area (Å²) in [6, 6.07) is 10.6. The maximum absolute atomic E-state index is 15.5. The Labute approximate surface area is 237 Å². The average Bonchev–Trinajstić information content (AvgIpc) is 3.26. The van der Waals surface area contributed by atoms with E-state index in [0.717, 1.165) is 23.3 Å². The molecule has 0 saturated carbocycles. The number of allylic oxidation sites excluding steroid dienone is 6. The predicted molar refractivity (Wildman–Crippen MR) is 161 cm³/mol. The Kier molecular flexibility index (Phi) is 7.50. The molecule has 6 nitrogen and oxygen atoms in total. The molecule has 2 aliphatic heterocycles. The van der Waals surface area contributed by atoms with Crippen molar-refractivity contribution in [1.29, 1.82) is 0 Å². The van der Waals surface area contributed by atoms with E-state index in [-0.39, 0.29) is 16.9 Å². The summed E-state index contributed by atoms with van der Waals surface area (Å²) in [5, 5.41) is 10.9. The van der Waals surface area contributed by atoms with Crippen LogP contribution >= 0.6 is 11.6 Å². The van der Waals surface area contributed by atoms with Crippen LogP contribution in [-0.4, -0.2) is 47.0 Å². The van der Waals surface area contributed by atoms with E-state index in [1.807, 2.05) is 39.8 Å². The molecule has 1 saturated heterocycles. The second kappa shape index (κ2) is 11.4. The molecule has 0 spiro atoms. The van der Waals surface area contributed by atoms with Crippen molar-refractivity contribution in [2.24, 2.45) is 9.98 Å². The standard InChI is InChI=1S/C32H30ClFN4O2/c33-23-9-7-22(8-10-23)19-38-20-27(32-35-18-24(36-32)15-21-5-3-1-2-4-6-21)31(40)26-16-28(34)30(17-29(26)38)37-13-11-25(39)12-14-37/h1,3-10,16-17,20,25,39H,2,11-15,18-19H2. The molecule has 0 radical (unpaired) electrons. The van der Waals surface area contributed by atoms with E-state index >= 15 is 4.39 Å². The molecule has 0 bridgehead atoms. The lowest BCUT2D eigenvalue weighted by atomic mass is 10.0. The zero-order valence-electron chi connectivity index (χ0n) is 22.1. The minimum absolute atomic E-state index is 0.288. The van der Waals surface area contributed by atoms with Crippen molar-refractivity contribution in [1.82, 2.24) is 4.57 Å². The van der Waals surface area contributed by atoms with Crippen LogP contribution in [0.3, 0.4) is 0 Å². The van der Waals surface area contributed by atoms with Gasteiger partial charge in [0.05, 0.1) is 29.4 Å². The van der Waals surface area contributed by atoms with Gasteiger partial charge in [-0.2, -0.15) is 0 Å². The third-order valence-electron chi connectivity index (χ3n) is 7.60. The molecule has 2 aromatic carbocycles. The molecular formula is C32H30ClFN4O2. The van der Waals surface area contributed by atoms with Crippen molar-refractivity contribution in [2.75, 3.05) is 24.5 Å². The average molecular weight is 557 g/mol. The number of pyridine rings is 1. The SMILES string of the molecule is O=c1c(C2=NCC(CC3=CC=CCC=C3)=N2)cn(Cc2ccc(Cl)cc2)c2cc(N3CCC(O)CC3)c(F)cc12. The van der Waals surface area contributed by atoms with E-state index in [2.05, 4.69) is 29.3 Å². The Balaban J connectivity index is 1.42. The van der Waals surface area contributed by atoms with Crippen LogP contribution < -0.4 is 10.3 Å². The number of nitrogens with zero attached hydrogens (tertiary/aromatic N) is 4. The molecule has 3 heterocycles. The Morgan fingerprint density at radius 2 is 1.90 bits per heavy atom. The molecule has 1 aromatic heterocycles. The lowest BCUT2D eigenvalue weighted by Gasteiger charge is -2.32. The lowest BCUT2D eigenvalue weighted by molar-refractivity contribution is 0.145. The van der Waals surface area contributed by atoms with Gasteiger partial charge < -0.3 is 14.6 Å². The van der Waals surface area contributed by atoms with Crippen LogP contribution in [-0.2, 0) is 6.54 Å². The molecule has 204 valence electrons. The number of hydrogen-bond donors (Lipinski definition) is 1. The minimum Gasteiger partial charge on any atom is -0.393 e. The fraction of sp³-hybridized carbons (Fsp3) is 0.281. The number of aliphatic hydroxyl groups excluding tert-OH is 1. The number of hydrogen-bond acceptors (Lipinski definition) is 5. The number of benzene rings is 2. The van der Waals surface area contributed by atoms with Gasteiger partial charge in [0.25, 0.3) is 0 Å². The zero-order chi connectivity index (χ0) is 27.6. The maximum atomic E-state index is 15.5. The van der Waals surface area contributed by atoms with Crippen molar-refractivity contribution in [3.63, 3.8) is 0 Å². The van der Waals surface area contributed by atoms with Gasteiger partial charge in [-0.25, -0.2) is 9.38 Å². The number of anilines is 1. The van der Waals surface area contributed by atoms with Crippen molar-refractivity contribution in [3.05, 3.63) is 111 Å². The first-order valence-electron chi connectivity index (χ1n) is 13.6. The Hall–Kier alpha value is -3.81. The molecule has 8 heteroatoms. The highest BCUT2D eigenvalue weighted by Crippen LogP contribution is 2.29. The van der Waals surface area contributed by atoms with Crippen molar-refractivity contribution < 1.29 is 9.50 Å². The molecule has 3 aromatic rings. The van der Waals surface area contributed by atoms with Gasteiger partial charge in [0, 0.05) is 48.4 Å². The smallest absolute Gasteiger partial charge is 0.200 e. The van der Waals surface area contributed by atoms with Crippen LogP contribution in [0.4, 0.5) is 10.1 Å². The topological polar surface area (TPSA) is 70.2 Å². The number of fused-ring (bicyclic) bond motifs is 1. The van der Waals surface area contributed by atoms with Crippen LogP contribution in [0, 0.1) is 5.82 Å². The van der Waals surface area contributed by atoms with E-state index in [1.165, 1.54) is 6.07 Å². The van der Waals surface area contributed by atoms with Crippen LogP contribution in [0.25, 0.3) is 10.9 Å². The highest BCUT2D eigenvalue weighted by atomic mass is 35.5. The quantitative estimate of drug-likeness (QED) is 0.415. The predicted octanol–water partition coefficient (Wildman–Crippen LogP) is 5.84. The lowest BCUT2D eigenvalue weighted by Crippen LogP contribution is -2.36. The second-order valence-electron chi connectivity index (χ2n) is 10.5. The maximum Gasteiger partial charge on any atom is 0.200 e. The van der Waals surface area contributed by atoms with Crippen LogP contribution in [0.15, 0.2) is 93.3 Å². The van der Waals surface area contributed by atoms with E-state index in [9.17, 15) is 9.90 Å². The molecule has 40 heavy (non-hydrogen) atoms. The highest BCUT2D eigenvalue weighted by Gasteiger charge is 2.23. The summed E-state index contributed by atoms with van der Waals surface area (Å²) in [5.41, 5.74) is 4.16. The molecular weight excluding hydrogens is 527 g/mol. The van der Waals surface area contributed by atoms with E-state index < -0.39 is 5.82 Å². The molecule has 0 atom stereocenters. The van der Waals surface area contributed by atoms with E-state index in [4.69, 9.17) is 16.6 Å². The number of aromatic nitrogens is 1. The Morgan fingerprint density at radius 1 is 1.10 bits per heavy atom. The molecule has 3 aliphatic rings.